The summed E-state index contributed by atoms with van der Waals surface area (Å²) in [6.07, 6.45) is -0.113. The molecule has 37 heavy (non-hydrogen) atoms. The average Bonchev–Trinajstić information content (AvgIpc) is 3.24. The summed E-state index contributed by atoms with van der Waals surface area (Å²) >= 11 is 0. The molecule has 8 nitrogen and oxygen atoms in total. The molecule has 2 aliphatic carbocycles. The number of hydrogen-bond donors (Lipinski definition) is 2. The molecular formula is C25H24F4N6O2. The lowest BCUT2D eigenvalue weighted by Gasteiger charge is -2.25. The zero-order chi connectivity index (χ0) is 26.4. The summed E-state index contributed by atoms with van der Waals surface area (Å²) in [4.78, 5) is 28.2. The second kappa shape index (κ2) is 9.24. The Balaban J connectivity index is 1.42. The Hall–Kier alpha value is -3.83. The van der Waals surface area contributed by atoms with Gasteiger partial charge in [0.25, 0.3) is 5.91 Å². The third-order valence-electron chi connectivity index (χ3n) is 7.30. The van der Waals surface area contributed by atoms with Gasteiger partial charge in [0.1, 0.15) is 5.82 Å². The van der Waals surface area contributed by atoms with E-state index in [0.29, 0.717) is 35.7 Å². The molecule has 3 aromatic rings. The van der Waals surface area contributed by atoms with Crippen molar-refractivity contribution < 1.29 is 27.2 Å². The Bertz CT molecular complexity index is 1330. The Morgan fingerprint density at radius 3 is 2.43 bits per heavy atom. The van der Waals surface area contributed by atoms with Crippen LogP contribution >= 0.6 is 0 Å². The highest BCUT2D eigenvalue weighted by molar-refractivity contribution is 6.04. The number of alkyl halides is 3. The molecule has 2 aromatic carbocycles. The van der Waals surface area contributed by atoms with Crippen molar-refractivity contribution in [3.63, 3.8) is 0 Å². The van der Waals surface area contributed by atoms with Crippen molar-refractivity contribution in [1.29, 1.82) is 0 Å². The van der Waals surface area contributed by atoms with Crippen molar-refractivity contribution in [2.75, 3.05) is 12.4 Å². The molecule has 0 saturated heterocycles. The molecule has 2 aliphatic rings. The van der Waals surface area contributed by atoms with Crippen LogP contribution in [-0.4, -0.2) is 50.4 Å². The largest absolute Gasteiger partial charge is 0.416 e. The van der Waals surface area contributed by atoms with Gasteiger partial charge in [-0.25, -0.2) is 9.49 Å². The molecule has 1 heterocycles. The summed E-state index contributed by atoms with van der Waals surface area (Å²) in [7, 11) is 1.76. The highest BCUT2D eigenvalue weighted by atomic mass is 19.4. The second-order valence-corrected chi connectivity index (χ2v) is 9.59. The number of hydrogen-bond acceptors (Lipinski definition) is 5. The zero-order valence-corrected chi connectivity index (χ0v) is 19.9. The van der Waals surface area contributed by atoms with Crippen molar-refractivity contribution >= 4 is 17.5 Å². The first-order chi connectivity index (χ1) is 17.6. The lowest BCUT2D eigenvalue weighted by atomic mass is 9.93. The van der Waals surface area contributed by atoms with Gasteiger partial charge in [-0.1, -0.05) is 18.9 Å². The number of carbonyl (C=O) groups excluding carboxylic acids is 2. The highest BCUT2D eigenvalue weighted by Crippen LogP contribution is 2.50. The molecule has 0 unspecified atom stereocenters. The molecule has 2 fully saturated rings. The van der Waals surface area contributed by atoms with E-state index in [0.717, 1.165) is 37.8 Å². The molecule has 0 radical (unpaired) electrons. The molecule has 194 valence electrons. The number of benzene rings is 2. The number of amides is 2. The fraction of sp³-hybridized carbons (Fsp3) is 0.400. The van der Waals surface area contributed by atoms with Crippen LogP contribution in [-0.2, 0) is 16.4 Å². The van der Waals surface area contributed by atoms with Crippen molar-refractivity contribution in [2.24, 2.45) is 0 Å². The van der Waals surface area contributed by atoms with Crippen molar-refractivity contribution in [3.05, 3.63) is 58.9 Å². The predicted molar refractivity (Wildman–Crippen MR) is 125 cm³/mol. The summed E-state index contributed by atoms with van der Waals surface area (Å²) in [5.74, 6) is -1.60. The first-order valence-corrected chi connectivity index (χ1v) is 11.9. The van der Waals surface area contributed by atoms with Crippen LogP contribution in [0, 0.1) is 5.82 Å². The summed E-state index contributed by atoms with van der Waals surface area (Å²) in [5, 5.41) is 16.4. The normalized spacial score (nSPS) is 17.0. The molecule has 0 atom stereocenters. The number of aromatic nitrogens is 4. The number of tetrazole rings is 1. The number of aromatic amines is 1. The summed E-state index contributed by atoms with van der Waals surface area (Å²) < 4.78 is 53.5. The monoisotopic (exact) mass is 516 g/mol. The van der Waals surface area contributed by atoms with Gasteiger partial charge in [0.05, 0.1) is 16.5 Å². The number of halogens is 4. The lowest BCUT2D eigenvalue weighted by molar-refractivity contribution is -0.137. The number of anilines is 1. The standard InChI is InChI=1S/C25H24F4N6O2/c1-35(16-4-2-3-5-16)22(36)17-8-7-15(13-18(17)21-31-33-34-32-21)30-23(37)24(10-11-24)19-9-6-14(12-20(19)26)25(27,28)29/h6-9,12-13,16H,2-5,10-11H2,1H3,(H,30,37)(H,31,32,33,34). The maximum Gasteiger partial charge on any atom is 0.416 e. The summed E-state index contributed by atoms with van der Waals surface area (Å²) in [5.41, 5.74) is -1.42. The van der Waals surface area contributed by atoms with Gasteiger partial charge in [-0.2, -0.15) is 13.2 Å². The highest BCUT2D eigenvalue weighted by Gasteiger charge is 2.53. The van der Waals surface area contributed by atoms with Crippen LogP contribution < -0.4 is 5.32 Å². The Morgan fingerprint density at radius 1 is 1.11 bits per heavy atom. The van der Waals surface area contributed by atoms with Crippen LogP contribution in [0.25, 0.3) is 11.4 Å². The molecule has 12 heteroatoms. The Labute approximate surface area is 209 Å². The predicted octanol–water partition coefficient (Wildman–Crippen LogP) is 4.71. The van der Waals surface area contributed by atoms with E-state index in [1.165, 1.54) is 0 Å². The van der Waals surface area contributed by atoms with E-state index >= 15 is 0 Å². The van der Waals surface area contributed by atoms with Crippen molar-refractivity contribution in [2.45, 2.75) is 56.2 Å². The maximum atomic E-state index is 14.7. The quantitative estimate of drug-likeness (QED) is 0.462. The van der Waals surface area contributed by atoms with Crippen LogP contribution in [0.15, 0.2) is 36.4 Å². The van der Waals surface area contributed by atoms with Gasteiger partial charge in [-0.3, -0.25) is 9.59 Å². The van der Waals surface area contributed by atoms with Crippen LogP contribution in [0.3, 0.4) is 0 Å². The smallest absolute Gasteiger partial charge is 0.339 e. The number of H-pyrrole nitrogens is 1. The maximum absolute atomic E-state index is 14.7. The van der Waals surface area contributed by atoms with Gasteiger partial charge in [-0.05, 0) is 66.4 Å². The SMILES string of the molecule is CN(C(=O)c1ccc(NC(=O)C2(c3ccc(C(F)(F)F)cc3F)CC2)cc1-c1nnn[nH]1)C1CCCC1. The van der Waals surface area contributed by atoms with Crippen molar-refractivity contribution in [3.8, 4) is 11.4 Å². The van der Waals surface area contributed by atoms with E-state index < -0.39 is 28.9 Å². The third-order valence-corrected chi connectivity index (χ3v) is 7.30. The molecule has 2 amide bonds. The Kier molecular flexibility index (Phi) is 6.20. The van der Waals surface area contributed by atoms with Crippen LogP contribution in [0.2, 0.25) is 0 Å². The Morgan fingerprint density at radius 2 is 1.84 bits per heavy atom. The van der Waals surface area contributed by atoms with Crippen LogP contribution in [0.4, 0.5) is 23.2 Å². The first kappa shape index (κ1) is 24.8. The molecule has 0 spiro atoms. The van der Waals surface area contributed by atoms with E-state index in [2.05, 4.69) is 25.9 Å². The van der Waals surface area contributed by atoms with Gasteiger partial charge in [0, 0.05) is 29.9 Å². The molecule has 0 aliphatic heterocycles. The van der Waals surface area contributed by atoms with E-state index in [1.54, 1.807) is 30.1 Å². The summed E-state index contributed by atoms with van der Waals surface area (Å²) in [6.45, 7) is 0. The number of nitrogens with one attached hydrogen (secondary N) is 2. The number of nitrogens with zero attached hydrogens (tertiary/aromatic N) is 4. The molecular weight excluding hydrogens is 492 g/mol. The van der Waals surface area contributed by atoms with E-state index in [9.17, 15) is 27.2 Å². The molecule has 1 aromatic heterocycles. The van der Waals surface area contributed by atoms with Gasteiger partial charge in [0.2, 0.25) is 5.91 Å². The first-order valence-electron chi connectivity index (χ1n) is 11.9. The molecule has 0 bridgehead atoms. The third kappa shape index (κ3) is 4.67. The van der Waals surface area contributed by atoms with Gasteiger partial charge in [0.15, 0.2) is 5.82 Å². The topological polar surface area (TPSA) is 104 Å². The van der Waals surface area contributed by atoms with E-state index in [4.69, 9.17) is 0 Å². The van der Waals surface area contributed by atoms with E-state index in [-0.39, 0.29) is 23.3 Å². The molecule has 2 N–H and O–H groups in total. The van der Waals surface area contributed by atoms with E-state index in [1.807, 2.05) is 0 Å². The number of rotatable bonds is 6. The minimum Gasteiger partial charge on any atom is -0.339 e. The minimum absolute atomic E-state index is 0.0809. The number of carbonyl (C=O) groups is 2. The summed E-state index contributed by atoms with van der Waals surface area (Å²) in [6, 6.07) is 7.04. The fourth-order valence-electron chi connectivity index (χ4n) is 5.00. The van der Waals surface area contributed by atoms with Crippen LogP contribution in [0.5, 0.6) is 0 Å². The van der Waals surface area contributed by atoms with Crippen LogP contribution in [0.1, 0.15) is 60.0 Å². The minimum atomic E-state index is -4.69. The molecule has 2 saturated carbocycles. The zero-order valence-electron chi connectivity index (χ0n) is 19.9. The second-order valence-electron chi connectivity index (χ2n) is 9.59. The van der Waals surface area contributed by atoms with Gasteiger partial charge >= 0.3 is 6.18 Å². The van der Waals surface area contributed by atoms with Crippen molar-refractivity contribution in [1.82, 2.24) is 25.5 Å². The average molecular weight is 516 g/mol. The lowest BCUT2D eigenvalue weighted by Crippen LogP contribution is -2.35. The molecule has 5 rings (SSSR count). The fourth-order valence-corrected chi connectivity index (χ4v) is 5.00. The van der Waals surface area contributed by atoms with Gasteiger partial charge < -0.3 is 10.2 Å². The van der Waals surface area contributed by atoms with Gasteiger partial charge in [-0.15, -0.1) is 5.10 Å².